The molecule has 15 heavy (non-hydrogen) atoms. The normalized spacial score (nSPS) is 18.9. The smallest absolute Gasteiger partial charge is 0.322 e. The molecule has 0 unspecified atom stereocenters. The van der Waals surface area contributed by atoms with E-state index in [1.165, 1.54) is 12.3 Å². The zero-order valence-corrected chi connectivity index (χ0v) is 7.96. The molecular weight excluding hydrogens is 205 g/mol. The summed E-state index contributed by atoms with van der Waals surface area (Å²) >= 11 is 0. The fourth-order valence-corrected chi connectivity index (χ4v) is 1.60. The molecule has 0 spiro atoms. The van der Waals surface area contributed by atoms with Crippen molar-refractivity contribution in [2.75, 3.05) is 0 Å². The molecule has 0 saturated heterocycles. The number of pyridine rings is 1. The van der Waals surface area contributed by atoms with Gasteiger partial charge in [0.05, 0.1) is 17.3 Å². The van der Waals surface area contributed by atoms with Crippen LogP contribution in [0.2, 0.25) is 0 Å². The number of nitrogens with two attached hydrogens (primary N) is 1. The molecule has 1 aliphatic carbocycles. The number of rotatable bonds is 2. The second-order valence-electron chi connectivity index (χ2n) is 3.80. The Morgan fingerprint density at radius 1 is 1.40 bits per heavy atom. The number of hydrogen-bond donors (Lipinski definition) is 1. The first-order chi connectivity index (χ1) is 7.00. The largest absolute Gasteiger partial charge is 0.418 e. The van der Waals surface area contributed by atoms with Crippen LogP contribution in [0.1, 0.15) is 30.1 Å². The first-order valence-electron chi connectivity index (χ1n) is 4.78. The number of nitrogens with zero attached hydrogens (tertiary/aromatic N) is 1. The van der Waals surface area contributed by atoms with Gasteiger partial charge in [0.1, 0.15) is 0 Å². The molecule has 1 aliphatic rings. The summed E-state index contributed by atoms with van der Waals surface area (Å²) in [5, 5.41) is 0. The van der Waals surface area contributed by atoms with Crippen molar-refractivity contribution in [1.82, 2.24) is 4.98 Å². The Bertz CT molecular complexity index is 358. The Hall–Kier alpha value is -1.10. The van der Waals surface area contributed by atoms with Crippen LogP contribution in [0, 0.1) is 5.92 Å². The Labute approximate surface area is 85.3 Å². The van der Waals surface area contributed by atoms with Crippen LogP contribution in [0.5, 0.6) is 0 Å². The van der Waals surface area contributed by atoms with Gasteiger partial charge in [-0.2, -0.15) is 13.2 Å². The maximum absolute atomic E-state index is 12.6. The standard InChI is InChI=1S/C10H11F3N2/c11-10(12,13)7-2-1-5-15-9(7)8(14)6-3-4-6/h1-2,5-6,8H,3-4,14H2/t8-/m1/s1. The third-order valence-corrected chi connectivity index (χ3v) is 2.59. The summed E-state index contributed by atoms with van der Waals surface area (Å²) in [4.78, 5) is 3.76. The molecule has 5 heteroatoms. The van der Waals surface area contributed by atoms with Crippen molar-refractivity contribution in [1.29, 1.82) is 0 Å². The summed E-state index contributed by atoms with van der Waals surface area (Å²) in [6, 6.07) is 1.74. The topological polar surface area (TPSA) is 38.9 Å². The fraction of sp³-hybridized carbons (Fsp3) is 0.500. The van der Waals surface area contributed by atoms with E-state index in [1.807, 2.05) is 0 Å². The first kappa shape index (κ1) is 10.4. The molecule has 0 aromatic carbocycles. The van der Waals surface area contributed by atoms with Crippen LogP contribution < -0.4 is 5.73 Å². The number of alkyl halides is 3. The van der Waals surface area contributed by atoms with E-state index in [2.05, 4.69) is 4.98 Å². The minimum Gasteiger partial charge on any atom is -0.322 e. The van der Waals surface area contributed by atoms with Gasteiger partial charge in [0.2, 0.25) is 0 Å². The molecule has 2 rings (SSSR count). The lowest BCUT2D eigenvalue weighted by atomic mass is 10.0. The molecule has 1 atom stereocenters. The molecule has 82 valence electrons. The van der Waals surface area contributed by atoms with Crippen LogP contribution in [0.4, 0.5) is 13.2 Å². The van der Waals surface area contributed by atoms with Gasteiger partial charge >= 0.3 is 6.18 Å². The lowest BCUT2D eigenvalue weighted by molar-refractivity contribution is -0.138. The van der Waals surface area contributed by atoms with Gasteiger partial charge in [-0.25, -0.2) is 0 Å². The number of aromatic nitrogens is 1. The highest BCUT2D eigenvalue weighted by Crippen LogP contribution is 2.42. The van der Waals surface area contributed by atoms with Crippen LogP contribution in [0.3, 0.4) is 0 Å². The van der Waals surface area contributed by atoms with Gasteiger partial charge < -0.3 is 5.73 Å². The van der Waals surface area contributed by atoms with E-state index >= 15 is 0 Å². The molecule has 1 fully saturated rings. The lowest BCUT2D eigenvalue weighted by Gasteiger charge is -2.16. The summed E-state index contributed by atoms with van der Waals surface area (Å²) in [6.45, 7) is 0. The second-order valence-corrected chi connectivity index (χ2v) is 3.80. The van der Waals surface area contributed by atoms with E-state index in [-0.39, 0.29) is 11.6 Å². The summed E-state index contributed by atoms with van der Waals surface area (Å²) < 4.78 is 37.8. The van der Waals surface area contributed by atoms with Crippen LogP contribution in [-0.2, 0) is 6.18 Å². The van der Waals surface area contributed by atoms with E-state index in [9.17, 15) is 13.2 Å². The van der Waals surface area contributed by atoms with Crippen LogP contribution in [0.25, 0.3) is 0 Å². The highest BCUT2D eigenvalue weighted by molar-refractivity contribution is 5.26. The molecule has 2 nitrogen and oxygen atoms in total. The van der Waals surface area contributed by atoms with E-state index in [0.29, 0.717) is 0 Å². The molecule has 0 radical (unpaired) electrons. The van der Waals surface area contributed by atoms with Crippen molar-refractivity contribution in [3.63, 3.8) is 0 Å². The lowest BCUT2D eigenvalue weighted by Crippen LogP contribution is -2.20. The highest BCUT2D eigenvalue weighted by Gasteiger charge is 2.39. The maximum Gasteiger partial charge on any atom is 0.418 e. The van der Waals surface area contributed by atoms with Gasteiger partial charge in [0.25, 0.3) is 0 Å². The van der Waals surface area contributed by atoms with Gasteiger partial charge in [0, 0.05) is 6.20 Å². The van der Waals surface area contributed by atoms with Crippen LogP contribution in [0.15, 0.2) is 18.3 Å². The van der Waals surface area contributed by atoms with Crippen molar-refractivity contribution in [3.8, 4) is 0 Å². The molecule has 0 aliphatic heterocycles. The van der Waals surface area contributed by atoms with E-state index in [4.69, 9.17) is 5.73 Å². The Balaban J connectivity index is 2.37. The zero-order chi connectivity index (χ0) is 11.1. The van der Waals surface area contributed by atoms with Crippen molar-refractivity contribution < 1.29 is 13.2 Å². The SMILES string of the molecule is N[C@@H](c1ncccc1C(F)(F)F)C1CC1. The van der Waals surface area contributed by atoms with Crippen molar-refractivity contribution >= 4 is 0 Å². The predicted molar refractivity (Wildman–Crippen MR) is 48.9 cm³/mol. The zero-order valence-electron chi connectivity index (χ0n) is 7.96. The van der Waals surface area contributed by atoms with Crippen molar-refractivity contribution in [3.05, 3.63) is 29.6 Å². The van der Waals surface area contributed by atoms with Gasteiger partial charge in [0.15, 0.2) is 0 Å². The van der Waals surface area contributed by atoms with Gasteiger partial charge in [-0.15, -0.1) is 0 Å². The van der Waals surface area contributed by atoms with E-state index in [0.717, 1.165) is 18.9 Å². The minimum atomic E-state index is -4.36. The van der Waals surface area contributed by atoms with Gasteiger partial charge in [-0.3, -0.25) is 4.98 Å². The molecule has 2 N–H and O–H groups in total. The Morgan fingerprint density at radius 3 is 2.60 bits per heavy atom. The van der Waals surface area contributed by atoms with Gasteiger partial charge in [-0.1, -0.05) is 0 Å². The average Bonchev–Trinajstić information content (AvgIpc) is 2.98. The molecule has 0 amide bonds. The maximum atomic E-state index is 12.6. The molecule has 1 aromatic heterocycles. The fourth-order valence-electron chi connectivity index (χ4n) is 1.60. The summed E-state index contributed by atoms with van der Waals surface area (Å²) in [5.74, 6) is 0.168. The number of halogens is 3. The molecule has 1 saturated carbocycles. The third kappa shape index (κ3) is 2.12. The van der Waals surface area contributed by atoms with Crippen LogP contribution >= 0.6 is 0 Å². The summed E-state index contributed by atoms with van der Waals surface area (Å²) in [7, 11) is 0. The van der Waals surface area contributed by atoms with Gasteiger partial charge in [-0.05, 0) is 30.9 Å². The Morgan fingerprint density at radius 2 is 2.07 bits per heavy atom. The summed E-state index contributed by atoms with van der Waals surface area (Å²) in [5.41, 5.74) is 5.01. The third-order valence-electron chi connectivity index (χ3n) is 2.59. The molecule has 1 heterocycles. The number of hydrogen-bond acceptors (Lipinski definition) is 2. The minimum absolute atomic E-state index is 0.0208. The van der Waals surface area contributed by atoms with E-state index < -0.39 is 17.8 Å². The molecule has 1 aromatic rings. The first-order valence-corrected chi connectivity index (χ1v) is 4.78. The molecular formula is C10H11F3N2. The highest BCUT2D eigenvalue weighted by atomic mass is 19.4. The van der Waals surface area contributed by atoms with Crippen molar-refractivity contribution in [2.24, 2.45) is 11.7 Å². The Kier molecular flexibility index (Phi) is 2.42. The quantitative estimate of drug-likeness (QED) is 0.824. The second kappa shape index (κ2) is 3.48. The van der Waals surface area contributed by atoms with E-state index in [1.54, 1.807) is 0 Å². The average molecular weight is 216 g/mol. The molecule has 0 bridgehead atoms. The predicted octanol–water partition coefficient (Wildman–Crippen LogP) is 2.51. The summed E-state index contributed by atoms with van der Waals surface area (Å²) in [6.07, 6.45) is -1.22. The van der Waals surface area contributed by atoms with Crippen molar-refractivity contribution in [2.45, 2.75) is 25.1 Å². The monoisotopic (exact) mass is 216 g/mol. The van der Waals surface area contributed by atoms with Crippen LogP contribution in [-0.4, -0.2) is 4.98 Å².